The van der Waals surface area contributed by atoms with Crippen molar-refractivity contribution in [2.45, 2.75) is 40.7 Å². The smallest absolute Gasteiger partial charge is 0.425 e. The maximum atomic E-state index is 12.6. The van der Waals surface area contributed by atoms with Gasteiger partial charge in [-0.25, -0.2) is 0 Å². The van der Waals surface area contributed by atoms with Gasteiger partial charge >= 0.3 is 23.9 Å². The number of esters is 3. The summed E-state index contributed by atoms with van der Waals surface area (Å²) in [5.74, 6) is -2.57. The summed E-state index contributed by atoms with van der Waals surface area (Å²) in [6, 6.07) is 6.51. The Morgan fingerprint density at radius 2 is 1.50 bits per heavy atom. The first-order valence-electron chi connectivity index (χ1n) is 9.71. The summed E-state index contributed by atoms with van der Waals surface area (Å²) in [4.78, 5) is 60.6. The van der Waals surface area contributed by atoms with Crippen molar-refractivity contribution < 1.29 is 42.8 Å². The third-order valence-electron chi connectivity index (χ3n) is 4.64. The fraction of sp³-hybridized carbons (Fsp3) is 0.333. The van der Waals surface area contributed by atoms with E-state index < -0.39 is 29.7 Å². The molecule has 0 saturated heterocycles. The average Bonchev–Trinajstić information content (AvgIpc) is 3.17. The zero-order valence-electron chi connectivity index (χ0n) is 17.8. The standard InChI is InChI=1S/C21H22N3O8/c1-13(25)30-11-22-10-16(24(12-31-14(2)26)21(22)32-15(3)27)8-9-23-19(28)17-6-4-5-7-18(17)20(23)29/h4-7,10H,8-9,11-12H2,1-3H3/q+1. The van der Waals surface area contributed by atoms with E-state index in [0.717, 1.165) is 4.90 Å². The largest absolute Gasteiger partial charge is 0.469 e. The summed E-state index contributed by atoms with van der Waals surface area (Å²) in [6.07, 6.45) is 1.69. The second-order valence-electron chi connectivity index (χ2n) is 6.98. The number of rotatable bonds is 8. The van der Waals surface area contributed by atoms with Crippen molar-refractivity contribution in [1.82, 2.24) is 9.47 Å². The molecule has 0 saturated carbocycles. The highest BCUT2D eigenvalue weighted by atomic mass is 16.6. The van der Waals surface area contributed by atoms with E-state index in [1.165, 1.54) is 36.1 Å². The zero-order chi connectivity index (χ0) is 23.4. The number of carbonyl (C=O) groups excluding carboxylic acids is 5. The third kappa shape index (κ3) is 4.82. The van der Waals surface area contributed by atoms with Crippen molar-refractivity contribution in [3.8, 4) is 6.01 Å². The number of hydrogen-bond acceptors (Lipinski definition) is 8. The number of ether oxygens (including phenoxy) is 3. The molecule has 0 spiro atoms. The topological polar surface area (TPSA) is 125 Å². The summed E-state index contributed by atoms with van der Waals surface area (Å²) in [7, 11) is 0. The van der Waals surface area contributed by atoms with E-state index in [4.69, 9.17) is 14.2 Å². The average molecular weight is 444 g/mol. The molecule has 2 aromatic rings. The lowest BCUT2D eigenvalue weighted by molar-refractivity contribution is -0.736. The maximum Gasteiger partial charge on any atom is 0.469 e. The van der Waals surface area contributed by atoms with Crippen LogP contribution >= 0.6 is 0 Å². The van der Waals surface area contributed by atoms with Gasteiger partial charge in [-0.2, -0.15) is 9.13 Å². The van der Waals surface area contributed by atoms with Crippen LogP contribution in [0.25, 0.3) is 0 Å². The van der Waals surface area contributed by atoms with Crippen LogP contribution in [0.4, 0.5) is 0 Å². The van der Waals surface area contributed by atoms with Crippen molar-refractivity contribution in [2.24, 2.45) is 0 Å². The molecule has 3 rings (SSSR count). The first kappa shape index (κ1) is 22.7. The Labute approximate surface area is 183 Å². The van der Waals surface area contributed by atoms with E-state index in [9.17, 15) is 24.0 Å². The molecule has 11 nitrogen and oxygen atoms in total. The molecular weight excluding hydrogens is 422 g/mol. The molecule has 0 unspecified atom stereocenters. The van der Waals surface area contributed by atoms with Gasteiger partial charge in [0.2, 0.25) is 13.5 Å². The molecule has 0 atom stereocenters. The number of fused-ring (bicyclic) bond motifs is 1. The van der Waals surface area contributed by atoms with Crippen LogP contribution in [-0.2, 0) is 43.7 Å². The van der Waals surface area contributed by atoms with Gasteiger partial charge in [0, 0.05) is 33.7 Å². The summed E-state index contributed by atoms with van der Waals surface area (Å²) in [6.45, 7) is 3.13. The Bertz CT molecular complexity index is 1070. The Morgan fingerprint density at radius 1 is 0.906 bits per heavy atom. The number of carbonyl (C=O) groups is 5. The third-order valence-corrected chi connectivity index (χ3v) is 4.64. The first-order valence-corrected chi connectivity index (χ1v) is 9.71. The van der Waals surface area contributed by atoms with Gasteiger partial charge in [-0.05, 0) is 12.1 Å². The Morgan fingerprint density at radius 3 is 2.03 bits per heavy atom. The minimum atomic E-state index is -0.643. The molecule has 1 aliphatic heterocycles. The molecule has 0 radical (unpaired) electrons. The van der Waals surface area contributed by atoms with Crippen molar-refractivity contribution in [3.63, 3.8) is 0 Å². The highest BCUT2D eigenvalue weighted by molar-refractivity contribution is 6.21. The predicted molar refractivity (Wildman–Crippen MR) is 105 cm³/mol. The molecule has 0 fully saturated rings. The highest BCUT2D eigenvalue weighted by Crippen LogP contribution is 2.23. The molecule has 2 heterocycles. The minimum Gasteiger partial charge on any atom is -0.425 e. The van der Waals surface area contributed by atoms with Crippen LogP contribution in [0.15, 0.2) is 30.5 Å². The SMILES string of the molecule is CC(=O)OCn1cc(CCN2C(=O)c3ccccc3C2=O)[n+](COC(C)=O)c1OC(C)=O. The van der Waals surface area contributed by atoms with E-state index in [-0.39, 0.29) is 32.4 Å². The lowest BCUT2D eigenvalue weighted by atomic mass is 10.1. The highest BCUT2D eigenvalue weighted by Gasteiger charge is 2.36. The van der Waals surface area contributed by atoms with E-state index in [1.807, 2.05) is 0 Å². The number of imide groups is 1. The van der Waals surface area contributed by atoms with E-state index >= 15 is 0 Å². The summed E-state index contributed by atoms with van der Waals surface area (Å²) in [5.41, 5.74) is 1.14. The Kier molecular flexibility index (Phi) is 6.67. The number of imidazole rings is 1. The number of amides is 2. The molecule has 0 N–H and O–H groups in total. The van der Waals surface area contributed by atoms with Gasteiger partial charge in [0.1, 0.15) is 6.20 Å². The second kappa shape index (κ2) is 9.41. The normalized spacial score (nSPS) is 12.5. The molecule has 1 aromatic carbocycles. The molecule has 11 heteroatoms. The van der Waals surface area contributed by atoms with E-state index in [0.29, 0.717) is 16.8 Å². The molecule has 0 aliphatic carbocycles. The molecule has 2 amide bonds. The van der Waals surface area contributed by atoms with Gasteiger partial charge in [-0.3, -0.25) is 28.9 Å². The van der Waals surface area contributed by atoms with Crippen molar-refractivity contribution >= 4 is 29.7 Å². The van der Waals surface area contributed by atoms with Crippen LogP contribution in [0.1, 0.15) is 47.2 Å². The van der Waals surface area contributed by atoms with Crippen LogP contribution in [0.3, 0.4) is 0 Å². The molecule has 168 valence electrons. The number of aromatic nitrogens is 2. The van der Waals surface area contributed by atoms with Gasteiger partial charge in [-0.1, -0.05) is 12.1 Å². The predicted octanol–water partition coefficient (Wildman–Crippen LogP) is 0.581. The van der Waals surface area contributed by atoms with E-state index in [2.05, 4.69) is 0 Å². The molecule has 32 heavy (non-hydrogen) atoms. The maximum absolute atomic E-state index is 12.6. The Hall–Kier alpha value is -4.02. The lowest BCUT2D eigenvalue weighted by Crippen LogP contribution is -2.42. The van der Waals surface area contributed by atoms with Crippen molar-refractivity contribution in [1.29, 1.82) is 0 Å². The fourth-order valence-electron chi connectivity index (χ4n) is 3.24. The van der Waals surface area contributed by atoms with Gasteiger partial charge < -0.3 is 14.2 Å². The minimum absolute atomic E-state index is 0.0302. The summed E-state index contributed by atoms with van der Waals surface area (Å²) in [5, 5.41) is 0. The molecule has 1 aliphatic rings. The van der Waals surface area contributed by atoms with Crippen molar-refractivity contribution in [2.75, 3.05) is 6.54 Å². The van der Waals surface area contributed by atoms with Crippen LogP contribution in [-0.4, -0.2) is 45.7 Å². The lowest BCUT2D eigenvalue weighted by Gasteiger charge is -2.13. The van der Waals surface area contributed by atoms with Crippen LogP contribution in [0.2, 0.25) is 0 Å². The van der Waals surface area contributed by atoms with Gasteiger partial charge in [0.15, 0.2) is 5.69 Å². The van der Waals surface area contributed by atoms with Gasteiger partial charge in [0.05, 0.1) is 11.1 Å². The van der Waals surface area contributed by atoms with Crippen LogP contribution < -0.4 is 9.30 Å². The summed E-state index contributed by atoms with van der Waals surface area (Å²) < 4.78 is 18.0. The molecule has 1 aromatic heterocycles. The number of hydrogen-bond donors (Lipinski definition) is 0. The zero-order valence-corrected chi connectivity index (χ0v) is 17.8. The van der Waals surface area contributed by atoms with Gasteiger partial charge in [0.25, 0.3) is 11.8 Å². The second-order valence-corrected chi connectivity index (χ2v) is 6.98. The van der Waals surface area contributed by atoms with Crippen LogP contribution in [0, 0.1) is 0 Å². The number of nitrogens with zero attached hydrogens (tertiary/aromatic N) is 3. The summed E-state index contributed by atoms with van der Waals surface area (Å²) >= 11 is 0. The van der Waals surface area contributed by atoms with Gasteiger partial charge in [-0.15, -0.1) is 0 Å². The number of benzene rings is 1. The van der Waals surface area contributed by atoms with Crippen LogP contribution in [0.5, 0.6) is 6.01 Å². The van der Waals surface area contributed by atoms with E-state index in [1.54, 1.807) is 24.3 Å². The van der Waals surface area contributed by atoms with Crippen molar-refractivity contribution in [3.05, 3.63) is 47.3 Å². The fourth-order valence-corrected chi connectivity index (χ4v) is 3.24. The quantitative estimate of drug-likeness (QED) is 0.329. The first-order chi connectivity index (χ1) is 15.2. The monoisotopic (exact) mass is 444 g/mol. The Balaban J connectivity index is 1.89. The molecular formula is C21H22N3O8+. The molecule has 0 bridgehead atoms.